The number of amides is 1. The number of rotatable bonds is 3. The fourth-order valence-electron chi connectivity index (χ4n) is 2.34. The van der Waals surface area contributed by atoms with Crippen molar-refractivity contribution in [3.05, 3.63) is 59.1 Å². The molecule has 3 rings (SSSR count). The van der Waals surface area contributed by atoms with Crippen LogP contribution in [0.2, 0.25) is 5.02 Å². The Morgan fingerprint density at radius 3 is 2.48 bits per heavy atom. The van der Waals surface area contributed by atoms with Gasteiger partial charge >= 0.3 is 0 Å². The standard InChI is InChI=1S/C18H17ClN2O3S/c19-15-3-1-2-4-16(15)20-17(22)13-5-7-14(8-6-13)24-18(25)21-9-11-23-12-10-21/h1-8H,9-12H2,(H,20,22). The molecule has 0 aliphatic carbocycles. The number of anilines is 1. The molecular formula is C18H17ClN2O3S. The monoisotopic (exact) mass is 376 g/mol. The quantitative estimate of drug-likeness (QED) is 0.830. The molecule has 5 nitrogen and oxygen atoms in total. The van der Waals surface area contributed by atoms with Crippen LogP contribution in [0, 0.1) is 0 Å². The van der Waals surface area contributed by atoms with Gasteiger partial charge in [0.1, 0.15) is 5.75 Å². The van der Waals surface area contributed by atoms with E-state index < -0.39 is 0 Å². The highest BCUT2D eigenvalue weighted by Gasteiger charge is 2.15. The summed E-state index contributed by atoms with van der Waals surface area (Å²) in [5.41, 5.74) is 1.08. The van der Waals surface area contributed by atoms with Gasteiger partial charge in [-0.15, -0.1) is 0 Å². The lowest BCUT2D eigenvalue weighted by molar-refractivity contribution is 0.0631. The van der Waals surface area contributed by atoms with Gasteiger partial charge in [0.2, 0.25) is 0 Å². The number of hydrogen-bond acceptors (Lipinski definition) is 4. The molecule has 2 aromatic carbocycles. The van der Waals surface area contributed by atoms with Crippen molar-refractivity contribution in [3.8, 4) is 5.75 Å². The zero-order chi connectivity index (χ0) is 17.6. The lowest BCUT2D eigenvalue weighted by Gasteiger charge is -2.28. The van der Waals surface area contributed by atoms with E-state index in [-0.39, 0.29) is 5.91 Å². The number of para-hydroxylation sites is 1. The summed E-state index contributed by atoms with van der Waals surface area (Å²) in [6.45, 7) is 2.73. The topological polar surface area (TPSA) is 50.8 Å². The molecule has 1 heterocycles. The van der Waals surface area contributed by atoms with Crippen molar-refractivity contribution >= 4 is 40.6 Å². The summed E-state index contributed by atoms with van der Waals surface area (Å²) in [6.07, 6.45) is 0. The van der Waals surface area contributed by atoms with E-state index in [1.165, 1.54) is 0 Å². The molecule has 0 atom stereocenters. The van der Waals surface area contributed by atoms with Gasteiger partial charge in [0.05, 0.1) is 23.9 Å². The molecule has 1 aliphatic heterocycles. The lowest BCUT2D eigenvalue weighted by atomic mass is 10.2. The number of halogens is 1. The first kappa shape index (κ1) is 17.7. The minimum absolute atomic E-state index is 0.240. The molecule has 7 heteroatoms. The van der Waals surface area contributed by atoms with Crippen LogP contribution >= 0.6 is 23.8 Å². The van der Waals surface area contributed by atoms with E-state index in [9.17, 15) is 4.79 Å². The summed E-state index contributed by atoms with van der Waals surface area (Å²) in [7, 11) is 0. The number of benzene rings is 2. The Morgan fingerprint density at radius 2 is 1.80 bits per heavy atom. The van der Waals surface area contributed by atoms with E-state index in [0.29, 0.717) is 40.4 Å². The largest absolute Gasteiger partial charge is 0.432 e. The fourth-order valence-corrected chi connectivity index (χ4v) is 2.80. The molecular weight excluding hydrogens is 360 g/mol. The summed E-state index contributed by atoms with van der Waals surface area (Å²) in [5.74, 6) is 0.348. The summed E-state index contributed by atoms with van der Waals surface area (Å²) in [5, 5.41) is 3.68. The molecule has 25 heavy (non-hydrogen) atoms. The summed E-state index contributed by atoms with van der Waals surface area (Å²) >= 11 is 11.3. The van der Waals surface area contributed by atoms with Crippen LogP contribution in [-0.4, -0.2) is 42.3 Å². The molecule has 0 saturated carbocycles. The fraction of sp³-hybridized carbons (Fsp3) is 0.222. The zero-order valence-corrected chi connectivity index (χ0v) is 15.0. The van der Waals surface area contributed by atoms with Crippen LogP contribution in [0.5, 0.6) is 5.75 Å². The Bertz CT molecular complexity index is 761. The number of ether oxygens (including phenoxy) is 2. The molecule has 1 aliphatic rings. The minimum atomic E-state index is -0.240. The molecule has 0 spiro atoms. The Kier molecular flexibility index (Phi) is 5.86. The molecule has 130 valence electrons. The van der Waals surface area contributed by atoms with E-state index in [0.717, 1.165) is 13.1 Å². The predicted octanol–water partition coefficient (Wildman–Crippen LogP) is 3.59. The van der Waals surface area contributed by atoms with Gasteiger partial charge in [-0.05, 0) is 48.6 Å². The average Bonchev–Trinajstić information content (AvgIpc) is 2.65. The second kappa shape index (κ2) is 8.29. The SMILES string of the molecule is O=C(Nc1ccccc1Cl)c1ccc(OC(=S)N2CCOCC2)cc1. The van der Waals surface area contributed by atoms with Gasteiger partial charge in [-0.2, -0.15) is 0 Å². The Morgan fingerprint density at radius 1 is 1.12 bits per heavy atom. The van der Waals surface area contributed by atoms with Crippen molar-refractivity contribution < 1.29 is 14.3 Å². The summed E-state index contributed by atoms with van der Waals surface area (Å²) in [4.78, 5) is 14.2. The molecule has 1 saturated heterocycles. The van der Waals surface area contributed by atoms with Gasteiger partial charge in [0.25, 0.3) is 11.1 Å². The maximum atomic E-state index is 12.3. The predicted molar refractivity (Wildman–Crippen MR) is 101 cm³/mol. The maximum Gasteiger partial charge on any atom is 0.264 e. The number of nitrogens with zero attached hydrogens (tertiary/aromatic N) is 1. The summed E-state index contributed by atoms with van der Waals surface area (Å²) in [6, 6.07) is 13.9. The van der Waals surface area contributed by atoms with Crippen LogP contribution in [0.25, 0.3) is 0 Å². The number of hydrogen-bond donors (Lipinski definition) is 1. The third kappa shape index (κ3) is 4.69. The van der Waals surface area contributed by atoms with Gasteiger partial charge in [-0.1, -0.05) is 23.7 Å². The van der Waals surface area contributed by atoms with E-state index in [2.05, 4.69) is 5.32 Å². The second-order valence-corrected chi connectivity index (χ2v) is 6.18. The maximum absolute atomic E-state index is 12.3. The molecule has 0 radical (unpaired) electrons. The zero-order valence-electron chi connectivity index (χ0n) is 13.4. The van der Waals surface area contributed by atoms with Crippen LogP contribution in [0.1, 0.15) is 10.4 Å². The molecule has 0 aromatic heterocycles. The number of carbonyl (C=O) groups is 1. The van der Waals surface area contributed by atoms with Gasteiger partial charge in [0.15, 0.2) is 0 Å². The van der Waals surface area contributed by atoms with E-state index >= 15 is 0 Å². The molecule has 0 unspecified atom stereocenters. The third-order valence-corrected chi connectivity index (χ3v) is 4.38. The van der Waals surface area contributed by atoms with Crippen LogP contribution in [0.15, 0.2) is 48.5 Å². The van der Waals surface area contributed by atoms with Crippen molar-refractivity contribution in [3.63, 3.8) is 0 Å². The van der Waals surface area contributed by atoms with Gasteiger partial charge in [0, 0.05) is 18.7 Å². The second-order valence-electron chi connectivity index (χ2n) is 5.43. The van der Waals surface area contributed by atoms with Crippen LogP contribution in [0.4, 0.5) is 5.69 Å². The van der Waals surface area contributed by atoms with Crippen LogP contribution in [0.3, 0.4) is 0 Å². The summed E-state index contributed by atoms with van der Waals surface area (Å²) < 4.78 is 11.0. The van der Waals surface area contributed by atoms with Gasteiger partial charge in [-0.25, -0.2) is 0 Å². The minimum Gasteiger partial charge on any atom is -0.432 e. The Hall–Kier alpha value is -2.15. The van der Waals surface area contributed by atoms with Crippen molar-refractivity contribution in [2.75, 3.05) is 31.6 Å². The highest BCUT2D eigenvalue weighted by molar-refractivity contribution is 7.80. The number of carbonyl (C=O) groups excluding carboxylic acids is 1. The molecule has 2 aromatic rings. The van der Waals surface area contributed by atoms with E-state index in [1.807, 2.05) is 17.0 Å². The lowest BCUT2D eigenvalue weighted by Crippen LogP contribution is -2.42. The number of morpholine rings is 1. The highest BCUT2D eigenvalue weighted by Crippen LogP contribution is 2.22. The van der Waals surface area contributed by atoms with Crippen molar-refractivity contribution in [2.45, 2.75) is 0 Å². The first-order valence-corrected chi connectivity index (χ1v) is 8.62. The first-order chi connectivity index (χ1) is 12.1. The normalized spacial score (nSPS) is 14.0. The van der Waals surface area contributed by atoms with Gasteiger partial charge in [-0.3, -0.25) is 4.79 Å². The Labute approximate surface area is 156 Å². The highest BCUT2D eigenvalue weighted by atomic mass is 35.5. The van der Waals surface area contributed by atoms with E-state index in [4.69, 9.17) is 33.3 Å². The van der Waals surface area contributed by atoms with Crippen molar-refractivity contribution in [1.29, 1.82) is 0 Å². The molecule has 0 bridgehead atoms. The van der Waals surface area contributed by atoms with E-state index in [1.54, 1.807) is 36.4 Å². The molecule has 1 N–H and O–H groups in total. The number of thiocarbonyl (C=S) groups is 1. The average molecular weight is 377 g/mol. The van der Waals surface area contributed by atoms with Crippen LogP contribution in [-0.2, 0) is 4.74 Å². The first-order valence-electron chi connectivity index (χ1n) is 7.84. The Balaban J connectivity index is 1.60. The number of nitrogens with one attached hydrogen (secondary N) is 1. The third-order valence-electron chi connectivity index (χ3n) is 3.71. The molecule has 1 amide bonds. The smallest absolute Gasteiger partial charge is 0.264 e. The molecule has 1 fully saturated rings. The van der Waals surface area contributed by atoms with Crippen molar-refractivity contribution in [1.82, 2.24) is 4.90 Å². The van der Waals surface area contributed by atoms with Gasteiger partial charge < -0.3 is 19.7 Å². The van der Waals surface area contributed by atoms with Crippen LogP contribution < -0.4 is 10.1 Å². The van der Waals surface area contributed by atoms with Crippen molar-refractivity contribution in [2.24, 2.45) is 0 Å².